The van der Waals surface area contributed by atoms with E-state index in [1.807, 2.05) is 39.8 Å². The summed E-state index contributed by atoms with van der Waals surface area (Å²) < 4.78 is 0. The van der Waals surface area contributed by atoms with Crippen LogP contribution in [0.3, 0.4) is 0 Å². The number of nitrogens with zero attached hydrogens (tertiary/aromatic N) is 1. The third-order valence-electron chi connectivity index (χ3n) is 2.96. The Balaban J connectivity index is 4.24. The molecule has 2 N–H and O–H groups in total. The van der Waals surface area contributed by atoms with Gasteiger partial charge in [0.05, 0.1) is 12.1 Å². The highest BCUT2D eigenvalue weighted by atomic mass is 16.3. The molecule has 0 aromatic carbocycles. The normalized spacial score (nSPS) is 15.8. The van der Waals surface area contributed by atoms with Crippen molar-refractivity contribution in [3.8, 4) is 0 Å². The van der Waals surface area contributed by atoms with E-state index in [1.54, 1.807) is 0 Å². The summed E-state index contributed by atoms with van der Waals surface area (Å²) in [5, 5.41) is 12.7. The van der Waals surface area contributed by atoms with E-state index >= 15 is 0 Å². The van der Waals surface area contributed by atoms with Crippen LogP contribution in [0.15, 0.2) is 0 Å². The second kappa shape index (κ2) is 6.97. The Labute approximate surface area is 105 Å². The molecule has 0 heterocycles. The first-order valence-electron chi connectivity index (χ1n) is 6.32. The number of hydrogen-bond donors (Lipinski definition) is 2. The molecule has 2 atom stereocenters. The molecular weight excluding hydrogens is 216 g/mol. The number of likely N-dealkylation sites (N-methyl/N-ethyl adjacent to an activating group) is 1. The van der Waals surface area contributed by atoms with Crippen molar-refractivity contribution in [3.05, 3.63) is 0 Å². The number of rotatable bonds is 6. The molecule has 2 unspecified atom stereocenters. The summed E-state index contributed by atoms with van der Waals surface area (Å²) in [6.45, 7) is 8.25. The monoisotopic (exact) mass is 244 g/mol. The van der Waals surface area contributed by atoms with Gasteiger partial charge in [-0.15, -0.1) is 0 Å². The topological polar surface area (TPSA) is 52.6 Å². The number of aliphatic hydroxyl groups is 1. The average Bonchev–Trinajstić information content (AvgIpc) is 2.20. The fourth-order valence-corrected chi connectivity index (χ4v) is 1.52. The molecule has 17 heavy (non-hydrogen) atoms. The molecule has 4 nitrogen and oxygen atoms in total. The minimum Gasteiger partial charge on any atom is -0.391 e. The third-order valence-corrected chi connectivity index (χ3v) is 2.96. The van der Waals surface area contributed by atoms with Gasteiger partial charge in [0.1, 0.15) is 0 Å². The van der Waals surface area contributed by atoms with Gasteiger partial charge >= 0.3 is 0 Å². The quantitative estimate of drug-likeness (QED) is 0.739. The average molecular weight is 244 g/mol. The summed E-state index contributed by atoms with van der Waals surface area (Å²) in [6.07, 6.45) is 1.29. The van der Waals surface area contributed by atoms with E-state index in [2.05, 4.69) is 12.2 Å². The highest BCUT2D eigenvalue weighted by Gasteiger charge is 2.25. The van der Waals surface area contributed by atoms with Crippen LogP contribution in [0.5, 0.6) is 0 Å². The first kappa shape index (κ1) is 16.4. The number of amides is 1. The maximum Gasteiger partial charge on any atom is 0.237 e. The maximum atomic E-state index is 11.9. The van der Waals surface area contributed by atoms with Crippen LogP contribution >= 0.6 is 0 Å². The second-order valence-electron chi connectivity index (χ2n) is 5.90. The van der Waals surface area contributed by atoms with Gasteiger partial charge in [0.2, 0.25) is 5.91 Å². The summed E-state index contributed by atoms with van der Waals surface area (Å²) in [6, 6.07) is -0.104. The minimum atomic E-state index is -0.518. The first-order chi connectivity index (χ1) is 7.70. The molecule has 1 amide bonds. The highest BCUT2D eigenvalue weighted by molar-refractivity contribution is 5.81. The molecule has 0 aliphatic carbocycles. The standard InChI is InChI=1S/C13H28N2O2/c1-7-8-10(15(5)6)12(17)14-9-11(16)13(2,3)4/h10-11,16H,7-9H2,1-6H3,(H,14,17). The van der Waals surface area contributed by atoms with Crippen molar-refractivity contribution in [2.75, 3.05) is 20.6 Å². The van der Waals surface area contributed by atoms with Gasteiger partial charge in [-0.05, 0) is 25.9 Å². The lowest BCUT2D eigenvalue weighted by Crippen LogP contribution is -2.47. The molecule has 0 aliphatic heterocycles. The van der Waals surface area contributed by atoms with Crippen molar-refractivity contribution in [1.82, 2.24) is 10.2 Å². The zero-order chi connectivity index (χ0) is 13.6. The van der Waals surface area contributed by atoms with E-state index in [0.29, 0.717) is 6.54 Å². The van der Waals surface area contributed by atoms with Gasteiger partial charge in [-0.1, -0.05) is 34.1 Å². The Bertz CT molecular complexity index is 234. The summed E-state index contributed by atoms with van der Waals surface area (Å²) in [4.78, 5) is 13.9. The van der Waals surface area contributed by atoms with Crippen LogP contribution in [-0.2, 0) is 4.79 Å². The summed E-state index contributed by atoms with van der Waals surface area (Å²) in [5.74, 6) is 0.000139. The van der Waals surface area contributed by atoms with E-state index < -0.39 is 6.10 Å². The molecule has 0 saturated heterocycles. The van der Waals surface area contributed by atoms with E-state index in [9.17, 15) is 9.90 Å². The van der Waals surface area contributed by atoms with Crippen molar-refractivity contribution >= 4 is 5.91 Å². The van der Waals surface area contributed by atoms with E-state index in [0.717, 1.165) is 12.8 Å². The van der Waals surface area contributed by atoms with Crippen molar-refractivity contribution in [2.24, 2.45) is 5.41 Å². The lowest BCUT2D eigenvalue weighted by molar-refractivity contribution is -0.126. The summed E-state index contributed by atoms with van der Waals surface area (Å²) in [7, 11) is 3.81. The Morgan fingerprint density at radius 1 is 1.35 bits per heavy atom. The van der Waals surface area contributed by atoms with Crippen molar-refractivity contribution in [1.29, 1.82) is 0 Å². The Hall–Kier alpha value is -0.610. The number of hydrogen-bond acceptors (Lipinski definition) is 3. The predicted octanol–water partition coefficient (Wildman–Crippen LogP) is 1.24. The van der Waals surface area contributed by atoms with Crippen LogP contribution in [0.25, 0.3) is 0 Å². The molecular formula is C13H28N2O2. The van der Waals surface area contributed by atoms with Crippen LogP contribution in [0.4, 0.5) is 0 Å². The Morgan fingerprint density at radius 3 is 2.24 bits per heavy atom. The zero-order valence-corrected chi connectivity index (χ0v) is 12.1. The number of carbonyl (C=O) groups is 1. The van der Waals surface area contributed by atoms with Crippen LogP contribution < -0.4 is 5.32 Å². The van der Waals surface area contributed by atoms with Crippen molar-refractivity contribution in [3.63, 3.8) is 0 Å². The lowest BCUT2D eigenvalue weighted by atomic mass is 9.89. The van der Waals surface area contributed by atoms with E-state index in [-0.39, 0.29) is 17.4 Å². The third kappa shape index (κ3) is 6.03. The molecule has 0 saturated carbocycles. The van der Waals surface area contributed by atoms with Gasteiger partial charge in [-0.25, -0.2) is 0 Å². The van der Waals surface area contributed by atoms with Crippen molar-refractivity contribution in [2.45, 2.75) is 52.7 Å². The van der Waals surface area contributed by atoms with Gasteiger partial charge in [0, 0.05) is 6.54 Å². The van der Waals surface area contributed by atoms with Gasteiger partial charge in [-0.2, -0.15) is 0 Å². The minimum absolute atomic E-state index is 0.000139. The second-order valence-corrected chi connectivity index (χ2v) is 5.90. The smallest absolute Gasteiger partial charge is 0.237 e. The van der Waals surface area contributed by atoms with Crippen molar-refractivity contribution < 1.29 is 9.90 Å². The molecule has 102 valence electrons. The Kier molecular flexibility index (Phi) is 6.72. The largest absolute Gasteiger partial charge is 0.391 e. The molecule has 4 heteroatoms. The van der Waals surface area contributed by atoms with Crippen LogP contribution in [0, 0.1) is 5.41 Å². The fourth-order valence-electron chi connectivity index (χ4n) is 1.52. The van der Waals surface area contributed by atoms with Crippen LogP contribution in [0.1, 0.15) is 40.5 Å². The van der Waals surface area contributed by atoms with Crippen LogP contribution in [-0.4, -0.2) is 48.7 Å². The van der Waals surface area contributed by atoms with E-state index in [1.165, 1.54) is 0 Å². The number of nitrogens with one attached hydrogen (secondary N) is 1. The predicted molar refractivity (Wildman–Crippen MR) is 70.9 cm³/mol. The molecule has 0 radical (unpaired) electrons. The Morgan fingerprint density at radius 2 is 1.88 bits per heavy atom. The molecule has 0 fully saturated rings. The van der Waals surface area contributed by atoms with Gasteiger partial charge in [0.25, 0.3) is 0 Å². The molecule has 0 aromatic rings. The lowest BCUT2D eigenvalue weighted by Gasteiger charge is -2.28. The summed E-state index contributed by atoms with van der Waals surface area (Å²) >= 11 is 0. The first-order valence-corrected chi connectivity index (χ1v) is 6.32. The molecule has 0 aromatic heterocycles. The van der Waals surface area contributed by atoms with Gasteiger partial charge in [0.15, 0.2) is 0 Å². The molecule has 0 aliphatic rings. The molecule has 0 spiro atoms. The van der Waals surface area contributed by atoms with Crippen LogP contribution in [0.2, 0.25) is 0 Å². The number of aliphatic hydroxyl groups excluding tert-OH is 1. The molecule has 0 bridgehead atoms. The zero-order valence-electron chi connectivity index (χ0n) is 12.1. The SMILES string of the molecule is CCCC(C(=O)NCC(O)C(C)(C)C)N(C)C. The maximum absolute atomic E-state index is 11.9. The molecule has 0 rings (SSSR count). The van der Waals surface area contributed by atoms with Gasteiger partial charge < -0.3 is 10.4 Å². The van der Waals surface area contributed by atoms with Gasteiger partial charge in [-0.3, -0.25) is 9.69 Å². The summed E-state index contributed by atoms with van der Waals surface area (Å²) in [5.41, 5.74) is -0.203. The number of carbonyl (C=O) groups excluding carboxylic acids is 1. The van der Waals surface area contributed by atoms with E-state index in [4.69, 9.17) is 0 Å². The highest BCUT2D eigenvalue weighted by Crippen LogP contribution is 2.18. The fraction of sp³-hybridized carbons (Fsp3) is 0.923.